The van der Waals surface area contributed by atoms with Crippen molar-refractivity contribution in [2.24, 2.45) is 0 Å². The van der Waals surface area contributed by atoms with Gasteiger partial charge in [0, 0.05) is 49.9 Å². The van der Waals surface area contributed by atoms with Crippen molar-refractivity contribution < 1.29 is 27.6 Å². The van der Waals surface area contributed by atoms with Crippen LogP contribution < -0.4 is 10.1 Å². The molecule has 0 aliphatic carbocycles. The molecule has 10 heteroatoms. The van der Waals surface area contributed by atoms with Crippen molar-refractivity contribution in [3.8, 4) is 5.75 Å². The minimum atomic E-state index is -0.827. The van der Waals surface area contributed by atoms with Crippen LogP contribution in [0.15, 0.2) is 83.4 Å². The number of aromatic nitrogens is 1. The van der Waals surface area contributed by atoms with Gasteiger partial charge in [-0.15, -0.1) is 0 Å². The third kappa shape index (κ3) is 7.38. The zero-order valence-electron chi connectivity index (χ0n) is 23.3. The number of amides is 2. The first kappa shape index (κ1) is 28.9. The molecule has 1 aliphatic rings. The van der Waals surface area contributed by atoms with Gasteiger partial charge in [-0.1, -0.05) is 47.6 Å². The zero-order chi connectivity index (χ0) is 29.5. The van der Waals surface area contributed by atoms with Crippen LogP contribution in [-0.4, -0.2) is 53.0 Å². The third-order valence-electron chi connectivity index (χ3n) is 7.35. The number of halogens is 2. The second-order valence-electron chi connectivity index (χ2n) is 10.3. The average Bonchev–Trinajstić information content (AvgIpc) is 3.48. The number of likely N-dealkylation sites (tertiary alicyclic amines) is 1. The highest BCUT2D eigenvalue weighted by molar-refractivity contribution is 5.94. The van der Waals surface area contributed by atoms with Crippen molar-refractivity contribution in [3.63, 3.8) is 0 Å². The lowest BCUT2D eigenvalue weighted by molar-refractivity contribution is 0.0516. The summed E-state index contributed by atoms with van der Waals surface area (Å²) in [5.74, 6) is -1.59. The van der Waals surface area contributed by atoms with Gasteiger partial charge in [0.25, 0.3) is 11.8 Å². The van der Waals surface area contributed by atoms with Gasteiger partial charge in [-0.3, -0.25) is 14.5 Å². The van der Waals surface area contributed by atoms with Gasteiger partial charge in [0.15, 0.2) is 11.5 Å². The van der Waals surface area contributed by atoms with Gasteiger partial charge in [-0.2, -0.15) is 0 Å². The lowest BCUT2D eigenvalue weighted by Gasteiger charge is -2.38. The van der Waals surface area contributed by atoms with Gasteiger partial charge < -0.3 is 19.5 Å². The highest BCUT2D eigenvalue weighted by atomic mass is 19.1. The summed E-state index contributed by atoms with van der Waals surface area (Å²) in [4.78, 5) is 30.2. The van der Waals surface area contributed by atoms with Crippen LogP contribution in [0.4, 0.5) is 8.78 Å². The van der Waals surface area contributed by atoms with E-state index >= 15 is 0 Å². The number of ether oxygens (including phenoxy) is 1. The number of rotatable bonds is 10. The Balaban J connectivity index is 1.27. The molecule has 2 heterocycles. The molecule has 0 spiro atoms. The van der Waals surface area contributed by atoms with Gasteiger partial charge in [0.1, 0.15) is 17.4 Å². The van der Waals surface area contributed by atoms with Crippen molar-refractivity contribution in [1.29, 1.82) is 0 Å². The summed E-state index contributed by atoms with van der Waals surface area (Å²) in [7, 11) is 1.58. The van der Waals surface area contributed by atoms with Gasteiger partial charge in [0.05, 0.1) is 13.7 Å². The highest BCUT2D eigenvalue weighted by Gasteiger charge is 2.30. The second kappa shape index (κ2) is 13.4. The fourth-order valence-corrected chi connectivity index (χ4v) is 5.12. The Bertz CT molecular complexity index is 1480. The molecule has 1 aliphatic heterocycles. The summed E-state index contributed by atoms with van der Waals surface area (Å²) in [6.45, 7) is 2.57. The molecule has 0 radical (unpaired) electrons. The van der Waals surface area contributed by atoms with E-state index < -0.39 is 23.4 Å². The fraction of sp³-hybridized carbons (Fsp3) is 0.281. The summed E-state index contributed by atoms with van der Waals surface area (Å²) in [5.41, 5.74) is 2.07. The smallest absolute Gasteiger partial charge is 0.273 e. The van der Waals surface area contributed by atoms with Crippen LogP contribution in [0.5, 0.6) is 5.75 Å². The molecule has 0 unspecified atom stereocenters. The number of carbonyl (C=O) groups excluding carboxylic acids is 2. The summed E-state index contributed by atoms with van der Waals surface area (Å²) in [5, 5.41) is 6.70. The van der Waals surface area contributed by atoms with Crippen molar-refractivity contribution in [2.75, 3.05) is 20.2 Å². The van der Waals surface area contributed by atoms with Gasteiger partial charge in [-0.25, -0.2) is 8.78 Å². The van der Waals surface area contributed by atoms with E-state index in [4.69, 9.17) is 9.26 Å². The van der Waals surface area contributed by atoms with Crippen molar-refractivity contribution in [2.45, 2.75) is 38.5 Å². The van der Waals surface area contributed by atoms with E-state index in [2.05, 4.69) is 27.5 Å². The van der Waals surface area contributed by atoms with Crippen LogP contribution in [0.2, 0.25) is 0 Å². The third-order valence-corrected chi connectivity index (χ3v) is 7.35. The summed E-state index contributed by atoms with van der Waals surface area (Å²) < 4.78 is 38.6. The summed E-state index contributed by atoms with van der Waals surface area (Å²) in [6.07, 6.45) is 1.33. The molecule has 8 nitrogen and oxygen atoms in total. The molecule has 1 fully saturated rings. The molecule has 1 saturated heterocycles. The second-order valence-corrected chi connectivity index (χ2v) is 10.3. The summed E-state index contributed by atoms with van der Waals surface area (Å²) >= 11 is 0. The van der Waals surface area contributed by atoms with Crippen molar-refractivity contribution in [1.82, 2.24) is 20.3 Å². The standard InChI is InChI=1S/C32H32F2N4O4/c1-41-28-9-7-22(8-10-28)19-35-31(39)30-18-29(42-36-30)21-38(32(40)24-15-25(33)17-26(34)16-24)27-11-13-37(14-12-27)20-23-5-3-2-4-6-23/h2-10,15-18,27H,11-14,19-21H2,1H3,(H,35,39). The molecule has 1 aromatic heterocycles. The fourth-order valence-electron chi connectivity index (χ4n) is 5.12. The monoisotopic (exact) mass is 574 g/mol. The molecular weight excluding hydrogens is 542 g/mol. The number of piperidine rings is 1. The molecule has 218 valence electrons. The molecule has 4 aromatic rings. The number of methoxy groups -OCH3 is 1. The summed E-state index contributed by atoms with van der Waals surface area (Å²) in [6, 6.07) is 21.5. The lowest BCUT2D eigenvalue weighted by atomic mass is 10.0. The van der Waals surface area contributed by atoms with E-state index in [9.17, 15) is 18.4 Å². The number of hydrogen-bond acceptors (Lipinski definition) is 6. The van der Waals surface area contributed by atoms with Crippen molar-refractivity contribution >= 4 is 11.8 Å². The Labute approximate surface area is 242 Å². The molecule has 2 amide bonds. The minimum absolute atomic E-state index is 0.000915. The molecule has 0 saturated carbocycles. The number of carbonyl (C=O) groups is 2. The SMILES string of the molecule is COc1ccc(CNC(=O)c2cc(CN(C(=O)c3cc(F)cc(F)c3)C3CCN(Cc4ccccc4)CC3)on2)cc1. The number of benzene rings is 3. The highest BCUT2D eigenvalue weighted by Crippen LogP contribution is 2.24. The van der Waals surface area contributed by atoms with E-state index in [0.717, 1.165) is 43.4 Å². The number of nitrogens with one attached hydrogen (secondary N) is 1. The van der Waals surface area contributed by atoms with Crippen LogP contribution in [-0.2, 0) is 19.6 Å². The Morgan fingerprint density at radius 3 is 2.33 bits per heavy atom. The van der Waals surface area contributed by atoms with Crippen LogP contribution in [0.1, 0.15) is 50.6 Å². The zero-order valence-corrected chi connectivity index (χ0v) is 23.3. The molecular formula is C32H32F2N4O4. The van der Waals surface area contributed by atoms with E-state index in [1.165, 1.54) is 11.6 Å². The maximum Gasteiger partial charge on any atom is 0.273 e. The average molecular weight is 575 g/mol. The van der Waals surface area contributed by atoms with E-state index in [-0.39, 0.29) is 30.4 Å². The molecule has 3 aromatic carbocycles. The Morgan fingerprint density at radius 1 is 0.976 bits per heavy atom. The molecule has 5 rings (SSSR count). The van der Waals surface area contributed by atoms with Gasteiger partial charge in [-0.05, 0) is 48.2 Å². The molecule has 42 heavy (non-hydrogen) atoms. The van der Waals surface area contributed by atoms with E-state index in [1.807, 2.05) is 30.3 Å². The minimum Gasteiger partial charge on any atom is -0.497 e. The number of hydrogen-bond donors (Lipinski definition) is 1. The lowest BCUT2D eigenvalue weighted by Crippen LogP contribution is -2.46. The molecule has 1 N–H and O–H groups in total. The van der Waals surface area contributed by atoms with Gasteiger partial charge in [0.2, 0.25) is 0 Å². The predicted octanol–water partition coefficient (Wildman–Crippen LogP) is 5.20. The quantitative estimate of drug-likeness (QED) is 0.280. The predicted molar refractivity (Wildman–Crippen MR) is 152 cm³/mol. The number of nitrogens with zero attached hydrogens (tertiary/aromatic N) is 3. The largest absolute Gasteiger partial charge is 0.497 e. The first-order valence-corrected chi connectivity index (χ1v) is 13.8. The topological polar surface area (TPSA) is 87.9 Å². The van der Waals surface area contributed by atoms with Crippen LogP contribution in [0.25, 0.3) is 0 Å². The van der Waals surface area contributed by atoms with Crippen molar-refractivity contribution in [3.05, 3.63) is 119 Å². The normalized spacial score (nSPS) is 14.0. The molecule has 0 bridgehead atoms. The van der Waals surface area contributed by atoms with Gasteiger partial charge >= 0.3 is 0 Å². The molecule has 0 atom stereocenters. The Hall–Kier alpha value is -4.57. The Morgan fingerprint density at radius 2 is 1.67 bits per heavy atom. The van der Waals surface area contributed by atoms with Crippen LogP contribution in [0, 0.1) is 11.6 Å². The van der Waals surface area contributed by atoms with Crippen LogP contribution >= 0.6 is 0 Å². The maximum absolute atomic E-state index is 14.0. The first-order valence-electron chi connectivity index (χ1n) is 13.8. The van der Waals surface area contributed by atoms with E-state index in [0.29, 0.717) is 24.4 Å². The van der Waals surface area contributed by atoms with E-state index in [1.54, 1.807) is 24.1 Å². The van der Waals surface area contributed by atoms with Crippen LogP contribution in [0.3, 0.4) is 0 Å². The maximum atomic E-state index is 14.0. The first-order chi connectivity index (χ1) is 20.4. The Kier molecular flexibility index (Phi) is 9.23.